The Morgan fingerprint density at radius 2 is 1.87 bits per heavy atom. The molecule has 176 valence electrons. The zero-order valence-electron chi connectivity index (χ0n) is 18.7. The average Bonchev–Trinajstić information content (AvgIpc) is 2.67. The van der Waals surface area contributed by atoms with E-state index in [9.17, 15) is 24.2 Å². The van der Waals surface area contributed by atoms with E-state index in [0.717, 1.165) is 19.3 Å². The molecule has 0 aromatic rings. The molecule has 3 atom stereocenters. The standard InChI is InChI=1S/C20H39N2O7P/c1-15(2)20(25)21-10-7-5-6-8-19(24)22-11-9-17(18(12-22)13-23)14-28-30(26,27)29-16(3)4/h15-18,23H,5-14H2,1-4H3,(H,21,25)(H,26,27). The normalized spacial score (nSPS) is 21.7. The Morgan fingerprint density at radius 1 is 1.17 bits per heavy atom. The van der Waals surface area contributed by atoms with Crippen LogP contribution in [-0.2, 0) is 23.2 Å². The third-order valence-corrected chi connectivity index (χ3v) is 6.33. The van der Waals surface area contributed by atoms with Crippen LogP contribution in [0.2, 0.25) is 0 Å². The highest BCUT2D eigenvalue weighted by Gasteiger charge is 2.33. The fourth-order valence-corrected chi connectivity index (χ4v) is 4.35. The van der Waals surface area contributed by atoms with Gasteiger partial charge < -0.3 is 20.2 Å². The molecule has 0 saturated carbocycles. The molecule has 1 aliphatic heterocycles. The summed E-state index contributed by atoms with van der Waals surface area (Å²) in [7, 11) is -4.11. The highest BCUT2D eigenvalue weighted by molar-refractivity contribution is 7.47. The number of nitrogens with one attached hydrogen (secondary N) is 1. The second-order valence-corrected chi connectivity index (χ2v) is 9.91. The molecule has 1 aliphatic rings. The van der Waals surface area contributed by atoms with E-state index >= 15 is 0 Å². The maximum absolute atomic E-state index is 12.5. The summed E-state index contributed by atoms with van der Waals surface area (Å²) >= 11 is 0. The monoisotopic (exact) mass is 450 g/mol. The first-order chi connectivity index (χ1) is 14.1. The van der Waals surface area contributed by atoms with Crippen molar-refractivity contribution in [2.45, 2.75) is 65.9 Å². The third kappa shape index (κ3) is 10.4. The molecule has 2 amide bonds. The number of rotatable bonds is 13. The molecule has 30 heavy (non-hydrogen) atoms. The molecule has 9 nitrogen and oxygen atoms in total. The molecular formula is C20H39N2O7P. The Morgan fingerprint density at radius 3 is 2.47 bits per heavy atom. The molecule has 0 aliphatic carbocycles. The van der Waals surface area contributed by atoms with Gasteiger partial charge in [-0.3, -0.25) is 18.6 Å². The molecule has 10 heteroatoms. The predicted octanol–water partition coefficient (Wildman–Crippen LogP) is 2.32. The Bertz CT molecular complexity index is 586. The lowest BCUT2D eigenvalue weighted by atomic mass is 9.86. The molecule has 1 heterocycles. The third-order valence-electron chi connectivity index (χ3n) is 5.17. The Hall–Kier alpha value is -0.990. The number of likely N-dealkylation sites (tertiary alicyclic amines) is 1. The van der Waals surface area contributed by atoms with Crippen LogP contribution in [-0.4, -0.2) is 65.7 Å². The quantitative estimate of drug-likeness (QED) is 0.290. The van der Waals surface area contributed by atoms with Crippen molar-refractivity contribution in [3.8, 4) is 0 Å². The van der Waals surface area contributed by atoms with Crippen LogP contribution in [0.25, 0.3) is 0 Å². The smallest absolute Gasteiger partial charge is 0.396 e. The second kappa shape index (κ2) is 13.4. The molecule has 3 N–H and O–H groups in total. The molecule has 0 spiro atoms. The fraction of sp³-hybridized carbons (Fsp3) is 0.900. The van der Waals surface area contributed by atoms with E-state index in [1.54, 1.807) is 18.7 Å². The summed E-state index contributed by atoms with van der Waals surface area (Å²) in [5.74, 6) is -0.240. The van der Waals surface area contributed by atoms with E-state index in [-0.39, 0.29) is 42.8 Å². The maximum Gasteiger partial charge on any atom is 0.472 e. The van der Waals surface area contributed by atoms with Gasteiger partial charge in [-0.05, 0) is 39.0 Å². The SMILES string of the molecule is CC(C)OP(=O)(O)OCC1CCN(C(=O)CCCCCNC(=O)C(C)C)CC1CO. The van der Waals surface area contributed by atoms with Gasteiger partial charge in [-0.15, -0.1) is 0 Å². The maximum atomic E-state index is 12.5. The summed E-state index contributed by atoms with van der Waals surface area (Å²) < 4.78 is 21.8. The number of aliphatic hydroxyl groups is 1. The Labute approximate surface area is 180 Å². The minimum Gasteiger partial charge on any atom is -0.396 e. The number of hydrogen-bond acceptors (Lipinski definition) is 6. The average molecular weight is 451 g/mol. The van der Waals surface area contributed by atoms with Gasteiger partial charge in [0.1, 0.15) is 0 Å². The zero-order chi connectivity index (χ0) is 22.7. The van der Waals surface area contributed by atoms with Gasteiger partial charge >= 0.3 is 7.82 Å². The number of phosphoric acid groups is 1. The first-order valence-electron chi connectivity index (χ1n) is 10.9. The summed E-state index contributed by atoms with van der Waals surface area (Å²) in [4.78, 5) is 35.4. The van der Waals surface area contributed by atoms with Gasteiger partial charge in [0.25, 0.3) is 0 Å². The molecule has 1 saturated heterocycles. The van der Waals surface area contributed by atoms with Crippen LogP contribution in [0.15, 0.2) is 0 Å². The number of nitrogens with zero attached hydrogens (tertiary/aromatic N) is 1. The van der Waals surface area contributed by atoms with Gasteiger partial charge in [-0.2, -0.15) is 0 Å². The van der Waals surface area contributed by atoms with Gasteiger partial charge in [0, 0.05) is 44.5 Å². The Balaban J connectivity index is 2.32. The van der Waals surface area contributed by atoms with Crippen LogP contribution < -0.4 is 5.32 Å². The van der Waals surface area contributed by atoms with Crippen molar-refractivity contribution in [3.63, 3.8) is 0 Å². The predicted molar refractivity (Wildman–Crippen MR) is 114 cm³/mol. The summed E-state index contributed by atoms with van der Waals surface area (Å²) in [6.07, 6.45) is 3.05. The molecule has 0 bridgehead atoms. The van der Waals surface area contributed by atoms with Crippen molar-refractivity contribution in [2.75, 3.05) is 32.8 Å². The minimum absolute atomic E-state index is 0.00977. The topological polar surface area (TPSA) is 125 Å². The van der Waals surface area contributed by atoms with E-state index in [1.165, 1.54) is 0 Å². The van der Waals surface area contributed by atoms with Crippen molar-refractivity contribution in [1.29, 1.82) is 0 Å². The molecule has 3 unspecified atom stereocenters. The summed E-state index contributed by atoms with van der Waals surface area (Å²) in [6.45, 7) is 8.46. The highest BCUT2D eigenvalue weighted by atomic mass is 31.2. The van der Waals surface area contributed by atoms with E-state index in [2.05, 4.69) is 5.32 Å². The molecule has 0 radical (unpaired) electrons. The fourth-order valence-electron chi connectivity index (χ4n) is 3.37. The first-order valence-corrected chi connectivity index (χ1v) is 12.4. The van der Waals surface area contributed by atoms with E-state index < -0.39 is 13.9 Å². The number of aliphatic hydroxyl groups excluding tert-OH is 1. The van der Waals surface area contributed by atoms with Gasteiger partial charge in [0.2, 0.25) is 11.8 Å². The first kappa shape index (κ1) is 27.0. The van der Waals surface area contributed by atoms with Gasteiger partial charge in [-0.25, -0.2) is 4.57 Å². The minimum atomic E-state index is -4.11. The number of hydrogen-bond donors (Lipinski definition) is 3. The summed E-state index contributed by atoms with van der Waals surface area (Å²) in [6, 6.07) is 0. The van der Waals surface area contributed by atoms with Crippen LogP contribution >= 0.6 is 7.82 Å². The van der Waals surface area contributed by atoms with Crippen molar-refractivity contribution in [2.24, 2.45) is 17.8 Å². The van der Waals surface area contributed by atoms with E-state index in [0.29, 0.717) is 32.5 Å². The van der Waals surface area contributed by atoms with Crippen LogP contribution in [0, 0.1) is 17.8 Å². The van der Waals surface area contributed by atoms with Gasteiger partial charge in [-0.1, -0.05) is 20.3 Å². The molecule has 0 aromatic heterocycles. The lowest BCUT2D eigenvalue weighted by molar-refractivity contribution is -0.134. The highest BCUT2D eigenvalue weighted by Crippen LogP contribution is 2.45. The molecule has 0 aromatic carbocycles. The Kier molecular flexibility index (Phi) is 12.1. The summed E-state index contributed by atoms with van der Waals surface area (Å²) in [5, 5.41) is 12.6. The molecular weight excluding hydrogens is 411 g/mol. The summed E-state index contributed by atoms with van der Waals surface area (Å²) in [5.41, 5.74) is 0. The van der Waals surface area contributed by atoms with Gasteiger partial charge in [0.05, 0.1) is 12.7 Å². The van der Waals surface area contributed by atoms with Crippen molar-refractivity contribution >= 4 is 19.6 Å². The van der Waals surface area contributed by atoms with Crippen LogP contribution in [0.5, 0.6) is 0 Å². The lowest BCUT2D eigenvalue weighted by Crippen LogP contribution is -2.46. The number of piperidine rings is 1. The largest absolute Gasteiger partial charge is 0.472 e. The van der Waals surface area contributed by atoms with Crippen LogP contribution in [0.3, 0.4) is 0 Å². The number of carbonyl (C=O) groups excluding carboxylic acids is 2. The second-order valence-electron chi connectivity index (χ2n) is 8.51. The number of phosphoric ester groups is 1. The van der Waals surface area contributed by atoms with E-state index in [1.807, 2.05) is 13.8 Å². The van der Waals surface area contributed by atoms with Gasteiger partial charge in [0.15, 0.2) is 0 Å². The molecule has 1 rings (SSSR count). The van der Waals surface area contributed by atoms with Crippen molar-refractivity contribution < 1.29 is 33.2 Å². The number of carbonyl (C=O) groups is 2. The lowest BCUT2D eigenvalue weighted by Gasteiger charge is -2.38. The number of unbranched alkanes of at least 4 members (excludes halogenated alkanes) is 2. The van der Waals surface area contributed by atoms with E-state index in [4.69, 9.17) is 9.05 Å². The molecule has 1 fully saturated rings. The van der Waals surface area contributed by atoms with Crippen LogP contribution in [0.4, 0.5) is 0 Å². The van der Waals surface area contributed by atoms with Crippen molar-refractivity contribution in [3.05, 3.63) is 0 Å². The number of amides is 2. The zero-order valence-corrected chi connectivity index (χ0v) is 19.6. The van der Waals surface area contributed by atoms with Crippen molar-refractivity contribution in [1.82, 2.24) is 10.2 Å². The van der Waals surface area contributed by atoms with Crippen LogP contribution in [0.1, 0.15) is 59.8 Å².